The van der Waals surface area contributed by atoms with Gasteiger partial charge in [0, 0.05) is 18.1 Å². The lowest BCUT2D eigenvalue weighted by Gasteiger charge is -2.18. The Kier molecular flexibility index (Phi) is 3.90. The second-order valence-electron chi connectivity index (χ2n) is 4.28. The van der Waals surface area contributed by atoms with E-state index in [-0.39, 0.29) is 27.6 Å². The molecule has 18 heavy (non-hydrogen) atoms. The number of halogens is 2. The summed E-state index contributed by atoms with van der Waals surface area (Å²) in [4.78, 5) is -0.00739. The minimum absolute atomic E-state index is 0.00739. The van der Waals surface area contributed by atoms with Gasteiger partial charge < -0.3 is 5.11 Å². The summed E-state index contributed by atoms with van der Waals surface area (Å²) in [6.07, 6.45) is 1.74. The molecule has 0 aromatic heterocycles. The number of sulfonamides is 1. The number of hydrogen-bond acceptors (Lipinski definition) is 3. The maximum Gasteiger partial charge on any atom is 0.244 e. The molecular formula is C11H13Cl2NO3S. The lowest BCUT2D eigenvalue weighted by molar-refractivity contribution is 0.281. The highest BCUT2D eigenvalue weighted by Crippen LogP contribution is 2.35. The van der Waals surface area contributed by atoms with E-state index in [1.54, 1.807) is 0 Å². The molecule has 100 valence electrons. The number of aliphatic hydroxyl groups excluding tert-OH is 1. The summed E-state index contributed by atoms with van der Waals surface area (Å²) in [6.45, 7) is -0.328. The van der Waals surface area contributed by atoms with E-state index in [1.807, 2.05) is 0 Å². The summed E-state index contributed by atoms with van der Waals surface area (Å²) >= 11 is 11.8. The van der Waals surface area contributed by atoms with Crippen molar-refractivity contribution in [2.75, 3.05) is 7.05 Å². The fourth-order valence-corrected chi connectivity index (χ4v) is 3.93. The molecule has 0 bridgehead atoms. The van der Waals surface area contributed by atoms with Crippen LogP contribution in [-0.4, -0.2) is 30.9 Å². The van der Waals surface area contributed by atoms with E-state index in [0.717, 1.165) is 12.8 Å². The third-order valence-electron chi connectivity index (χ3n) is 2.99. The van der Waals surface area contributed by atoms with Gasteiger partial charge in [0.1, 0.15) is 4.90 Å². The van der Waals surface area contributed by atoms with E-state index in [2.05, 4.69) is 0 Å². The Morgan fingerprint density at radius 1 is 1.33 bits per heavy atom. The van der Waals surface area contributed by atoms with Crippen molar-refractivity contribution < 1.29 is 13.5 Å². The Hall–Kier alpha value is -0.330. The van der Waals surface area contributed by atoms with Crippen LogP contribution in [0.4, 0.5) is 0 Å². The molecule has 0 unspecified atom stereocenters. The molecular weight excluding hydrogens is 297 g/mol. The molecule has 1 aliphatic carbocycles. The van der Waals surface area contributed by atoms with E-state index in [9.17, 15) is 8.42 Å². The van der Waals surface area contributed by atoms with Crippen LogP contribution >= 0.6 is 23.2 Å². The van der Waals surface area contributed by atoms with Gasteiger partial charge in [0.15, 0.2) is 0 Å². The average Bonchev–Trinajstić information content (AvgIpc) is 3.11. The molecule has 0 atom stereocenters. The van der Waals surface area contributed by atoms with Crippen molar-refractivity contribution >= 4 is 33.2 Å². The van der Waals surface area contributed by atoms with E-state index in [1.165, 1.54) is 23.5 Å². The first-order valence-corrected chi connectivity index (χ1v) is 7.64. The predicted molar refractivity (Wildman–Crippen MR) is 70.4 cm³/mol. The molecule has 0 heterocycles. The van der Waals surface area contributed by atoms with Crippen LogP contribution in [0.5, 0.6) is 0 Å². The summed E-state index contributed by atoms with van der Waals surface area (Å²) in [6, 6.07) is 2.74. The molecule has 7 heteroatoms. The van der Waals surface area contributed by atoms with Crippen molar-refractivity contribution in [1.29, 1.82) is 0 Å². The maximum absolute atomic E-state index is 12.3. The first-order chi connectivity index (χ1) is 8.37. The van der Waals surface area contributed by atoms with Crippen molar-refractivity contribution in [3.8, 4) is 0 Å². The monoisotopic (exact) mass is 309 g/mol. The van der Waals surface area contributed by atoms with Gasteiger partial charge in [0.05, 0.1) is 11.6 Å². The molecule has 0 saturated heterocycles. The zero-order valence-corrected chi connectivity index (χ0v) is 12.1. The second-order valence-corrected chi connectivity index (χ2v) is 7.06. The van der Waals surface area contributed by atoms with E-state index in [4.69, 9.17) is 28.3 Å². The van der Waals surface area contributed by atoms with Gasteiger partial charge in [-0.25, -0.2) is 8.42 Å². The molecule has 0 aliphatic heterocycles. The van der Waals surface area contributed by atoms with E-state index >= 15 is 0 Å². The second kappa shape index (κ2) is 4.98. The Labute approximate surface area is 116 Å². The van der Waals surface area contributed by atoms with E-state index in [0.29, 0.717) is 5.56 Å². The number of aliphatic hydroxyl groups is 1. The molecule has 0 spiro atoms. The summed E-state index contributed by atoms with van der Waals surface area (Å²) in [5.74, 6) is 0. The van der Waals surface area contributed by atoms with Crippen LogP contribution in [0, 0.1) is 0 Å². The highest BCUT2D eigenvalue weighted by molar-refractivity contribution is 7.89. The smallest absolute Gasteiger partial charge is 0.244 e. The molecule has 0 radical (unpaired) electrons. The third kappa shape index (κ3) is 2.51. The Balaban J connectivity index is 2.49. The average molecular weight is 310 g/mol. The highest BCUT2D eigenvalue weighted by Gasteiger charge is 2.36. The van der Waals surface area contributed by atoms with Crippen molar-refractivity contribution in [3.63, 3.8) is 0 Å². The van der Waals surface area contributed by atoms with Crippen molar-refractivity contribution in [3.05, 3.63) is 27.7 Å². The number of nitrogens with zero attached hydrogens (tertiary/aromatic N) is 1. The molecule has 1 N–H and O–H groups in total. The van der Waals surface area contributed by atoms with Gasteiger partial charge in [0.25, 0.3) is 0 Å². The standard InChI is InChI=1S/C11H13Cl2NO3S/c1-14(8-2-3-8)18(16,17)11-4-7(6-15)9(12)5-10(11)13/h4-5,8,15H,2-3,6H2,1H3. The fourth-order valence-electron chi connectivity index (χ4n) is 1.68. The van der Waals surface area contributed by atoms with Gasteiger partial charge in [-0.2, -0.15) is 4.31 Å². The van der Waals surface area contributed by atoms with Gasteiger partial charge in [-0.15, -0.1) is 0 Å². The van der Waals surface area contributed by atoms with Crippen LogP contribution < -0.4 is 0 Å². The number of rotatable bonds is 4. The normalized spacial score (nSPS) is 16.3. The Bertz CT molecular complexity index is 570. The molecule has 1 aromatic carbocycles. The predicted octanol–water partition coefficient (Wildman–Crippen LogP) is 2.27. The van der Waals surface area contributed by atoms with Crippen molar-refractivity contribution in [1.82, 2.24) is 4.31 Å². The maximum atomic E-state index is 12.3. The number of hydrogen-bond donors (Lipinski definition) is 1. The first kappa shape index (κ1) is 14.1. The number of benzene rings is 1. The van der Waals surface area contributed by atoms with Gasteiger partial charge >= 0.3 is 0 Å². The quantitative estimate of drug-likeness (QED) is 0.928. The lowest BCUT2D eigenvalue weighted by atomic mass is 10.2. The molecule has 0 amide bonds. The summed E-state index contributed by atoms with van der Waals surface area (Å²) in [5, 5.41) is 9.46. The topological polar surface area (TPSA) is 57.6 Å². The van der Waals surface area contributed by atoms with Crippen LogP contribution in [0.1, 0.15) is 18.4 Å². The van der Waals surface area contributed by atoms with Crippen LogP contribution in [0.25, 0.3) is 0 Å². The van der Waals surface area contributed by atoms with Gasteiger partial charge in [-0.05, 0) is 30.5 Å². The van der Waals surface area contributed by atoms with Crippen LogP contribution in [0.15, 0.2) is 17.0 Å². The summed E-state index contributed by atoms with van der Waals surface area (Å²) in [5.41, 5.74) is 0.351. The zero-order chi connectivity index (χ0) is 13.5. The van der Waals surface area contributed by atoms with Crippen LogP contribution in [0.2, 0.25) is 10.0 Å². The summed E-state index contributed by atoms with van der Waals surface area (Å²) in [7, 11) is -2.09. The molecule has 1 aromatic rings. The molecule has 1 saturated carbocycles. The molecule has 1 fully saturated rings. The van der Waals surface area contributed by atoms with Crippen molar-refractivity contribution in [2.24, 2.45) is 0 Å². The minimum atomic E-state index is -3.62. The summed E-state index contributed by atoms with van der Waals surface area (Å²) < 4.78 is 26.0. The van der Waals surface area contributed by atoms with Crippen LogP contribution in [-0.2, 0) is 16.6 Å². The molecule has 4 nitrogen and oxygen atoms in total. The highest BCUT2D eigenvalue weighted by atomic mass is 35.5. The zero-order valence-electron chi connectivity index (χ0n) is 9.73. The third-order valence-corrected chi connectivity index (χ3v) is 5.72. The lowest BCUT2D eigenvalue weighted by Crippen LogP contribution is -2.29. The molecule has 2 rings (SSSR count). The van der Waals surface area contributed by atoms with E-state index < -0.39 is 10.0 Å². The Morgan fingerprint density at radius 3 is 2.44 bits per heavy atom. The van der Waals surface area contributed by atoms with Gasteiger partial charge in [-0.3, -0.25) is 0 Å². The SMILES string of the molecule is CN(C1CC1)S(=O)(=O)c1cc(CO)c(Cl)cc1Cl. The van der Waals surface area contributed by atoms with Gasteiger partial charge in [0.2, 0.25) is 10.0 Å². The van der Waals surface area contributed by atoms with Crippen LogP contribution in [0.3, 0.4) is 0 Å². The Morgan fingerprint density at radius 2 is 1.94 bits per heavy atom. The molecule has 1 aliphatic rings. The first-order valence-electron chi connectivity index (χ1n) is 5.44. The largest absolute Gasteiger partial charge is 0.392 e. The fraction of sp³-hybridized carbons (Fsp3) is 0.455. The van der Waals surface area contributed by atoms with Gasteiger partial charge in [-0.1, -0.05) is 23.2 Å². The van der Waals surface area contributed by atoms with Crippen molar-refractivity contribution in [2.45, 2.75) is 30.4 Å². The minimum Gasteiger partial charge on any atom is -0.392 e.